The molecule has 57 heavy (non-hydrogen) atoms. The molecule has 0 saturated carbocycles. The average Bonchev–Trinajstić information content (AvgIpc) is 3.21. The Balaban J connectivity index is 3.56. The molecule has 0 aliphatic carbocycles. The van der Waals surface area contributed by atoms with Gasteiger partial charge in [0.25, 0.3) is 0 Å². The van der Waals surface area contributed by atoms with Crippen LogP contribution in [-0.4, -0.2) is 47.4 Å². The van der Waals surface area contributed by atoms with Gasteiger partial charge in [0.1, 0.15) is 0 Å². The van der Waals surface area contributed by atoms with Gasteiger partial charge in [-0.1, -0.05) is 231 Å². The molecule has 3 N–H and O–H groups in total. The van der Waals surface area contributed by atoms with Crippen LogP contribution in [0.3, 0.4) is 0 Å². The third-order valence-corrected chi connectivity index (χ3v) is 11.5. The number of ether oxygens (including phenoxy) is 1. The highest BCUT2D eigenvalue weighted by Gasteiger charge is 2.19. The SMILES string of the molecule is CCCCCCCCCCCCCCCCCC(O)C(CO)NC(=O)CC/C=C\C/C=C\CCCCCCCCOC(=O)CCCCCCCCCCCCCC. The molecule has 0 bridgehead atoms. The Labute approximate surface area is 354 Å². The first-order valence-electron chi connectivity index (χ1n) is 25.1. The molecule has 2 atom stereocenters. The molecule has 0 aromatic carbocycles. The second kappa shape index (κ2) is 47.0. The highest BCUT2D eigenvalue weighted by Crippen LogP contribution is 2.16. The molecule has 0 spiro atoms. The fourth-order valence-corrected chi connectivity index (χ4v) is 7.63. The van der Waals surface area contributed by atoms with Crippen molar-refractivity contribution < 1.29 is 24.5 Å². The van der Waals surface area contributed by atoms with E-state index in [-0.39, 0.29) is 18.5 Å². The number of carbonyl (C=O) groups is 2. The largest absolute Gasteiger partial charge is 0.466 e. The van der Waals surface area contributed by atoms with Crippen molar-refractivity contribution in [2.75, 3.05) is 13.2 Å². The Kier molecular flexibility index (Phi) is 45.7. The van der Waals surface area contributed by atoms with Crippen LogP contribution >= 0.6 is 0 Å². The van der Waals surface area contributed by atoms with Crippen LogP contribution in [0.4, 0.5) is 0 Å². The van der Waals surface area contributed by atoms with Crippen LogP contribution < -0.4 is 5.32 Å². The first kappa shape index (κ1) is 55.3. The monoisotopic (exact) mass is 804 g/mol. The summed E-state index contributed by atoms with van der Waals surface area (Å²) in [6, 6.07) is -0.584. The van der Waals surface area contributed by atoms with E-state index >= 15 is 0 Å². The minimum Gasteiger partial charge on any atom is -0.466 e. The lowest BCUT2D eigenvalue weighted by molar-refractivity contribution is -0.143. The molecule has 6 nitrogen and oxygen atoms in total. The standard InChI is InChI=1S/C51H97NO5/c1-3-5-7-9-11-13-15-17-18-20-23-27-31-35-39-43-49(54)48(47-53)52-50(55)44-40-36-32-28-24-21-19-22-26-30-34-38-42-46-57-51(56)45-41-37-33-29-25-16-14-12-10-8-6-4-2/h21,24,32,36,48-49,53-54H,3-20,22-23,25-31,33-35,37-47H2,1-2H3,(H,52,55)/b24-21-,36-32-. The molecule has 0 aromatic rings. The minimum absolute atomic E-state index is 0.0165. The maximum absolute atomic E-state index is 12.4. The number of unbranched alkanes of at least 4 members (excludes halogenated alkanes) is 31. The lowest BCUT2D eigenvalue weighted by Gasteiger charge is -2.22. The average molecular weight is 804 g/mol. The minimum atomic E-state index is -0.698. The van der Waals surface area contributed by atoms with Crippen LogP contribution in [-0.2, 0) is 14.3 Å². The summed E-state index contributed by atoms with van der Waals surface area (Å²) < 4.78 is 5.44. The molecule has 0 aliphatic rings. The Morgan fingerprint density at radius 2 is 0.895 bits per heavy atom. The van der Waals surface area contributed by atoms with Crippen LogP contribution in [0.2, 0.25) is 0 Å². The van der Waals surface area contributed by atoms with Crippen molar-refractivity contribution in [3.8, 4) is 0 Å². The van der Waals surface area contributed by atoms with Gasteiger partial charge in [-0.15, -0.1) is 0 Å². The van der Waals surface area contributed by atoms with E-state index in [1.54, 1.807) is 0 Å². The van der Waals surface area contributed by atoms with Gasteiger partial charge in [0, 0.05) is 12.8 Å². The molecule has 1 amide bonds. The molecular formula is C51H97NO5. The number of aliphatic hydroxyl groups excluding tert-OH is 2. The smallest absolute Gasteiger partial charge is 0.305 e. The summed E-state index contributed by atoms with van der Waals surface area (Å²) >= 11 is 0. The zero-order chi connectivity index (χ0) is 41.5. The predicted octanol–water partition coefficient (Wildman–Crippen LogP) is 14.7. The summed E-state index contributed by atoms with van der Waals surface area (Å²) in [7, 11) is 0. The van der Waals surface area contributed by atoms with Crippen LogP contribution in [0.25, 0.3) is 0 Å². The fourth-order valence-electron chi connectivity index (χ4n) is 7.63. The number of carbonyl (C=O) groups excluding carboxylic acids is 2. The third-order valence-electron chi connectivity index (χ3n) is 11.5. The second-order valence-electron chi connectivity index (χ2n) is 17.1. The van der Waals surface area contributed by atoms with Gasteiger partial charge in [-0.05, 0) is 44.9 Å². The number of amides is 1. The van der Waals surface area contributed by atoms with E-state index in [2.05, 4.69) is 37.4 Å². The van der Waals surface area contributed by atoms with E-state index in [1.807, 2.05) is 6.08 Å². The Bertz CT molecular complexity index is 889. The molecule has 0 fully saturated rings. The Morgan fingerprint density at radius 1 is 0.491 bits per heavy atom. The zero-order valence-corrected chi connectivity index (χ0v) is 38.1. The number of esters is 1. The molecule has 336 valence electrons. The molecule has 0 rings (SSSR count). The van der Waals surface area contributed by atoms with E-state index in [1.165, 1.54) is 173 Å². The van der Waals surface area contributed by atoms with Gasteiger partial charge in [0.2, 0.25) is 5.91 Å². The zero-order valence-electron chi connectivity index (χ0n) is 38.1. The quantitative estimate of drug-likeness (QED) is 0.0324. The molecular weight excluding hydrogens is 707 g/mol. The number of hydrogen-bond donors (Lipinski definition) is 3. The van der Waals surface area contributed by atoms with Crippen molar-refractivity contribution in [1.82, 2.24) is 5.32 Å². The Morgan fingerprint density at radius 3 is 1.37 bits per heavy atom. The summed E-state index contributed by atoms with van der Waals surface area (Å²) in [5.74, 6) is -0.131. The van der Waals surface area contributed by atoms with E-state index in [9.17, 15) is 19.8 Å². The van der Waals surface area contributed by atoms with E-state index in [4.69, 9.17) is 4.74 Å². The molecule has 0 aliphatic heterocycles. The van der Waals surface area contributed by atoms with E-state index < -0.39 is 12.1 Å². The topological polar surface area (TPSA) is 95.9 Å². The molecule has 2 unspecified atom stereocenters. The summed E-state index contributed by atoms with van der Waals surface area (Å²) in [6.45, 7) is 4.88. The highest BCUT2D eigenvalue weighted by molar-refractivity contribution is 5.76. The highest BCUT2D eigenvalue weighted by atomic mass is 16.5. The number of allylic oxidation sites excluding steroid dienone is 4. The van der Waals surface area contributed by atoms with E-state index in [0.29, 0.717) is 32.3 Å². The van der Waals surface area contributed by atoms with Gasteiger partial charge < -0.3 is 20.3 Å². The van der Waals surface area contributed by atoms with Crippen molar-refractivity contribution in [3.63, 3.8) is 0 Å². The molecule has 0 heterocycles. The summed E-state index contributed by atoms with van der Waals surface area (Å²) in [5, 5.41) is 23.1. The van der Waals surface area contributed by atoms with Gasteiger partial charge in [0.05, 0.1) is 25.4 Å². The van der Waals surface area contributed by atoms with Crippen LogP contribution in [0.5, 0.6) is 0 Å². The number of aliphatic hydroxyl groups is 2. The number of nitrogens with one attached hydrogen (secondary N) is 1. The first-order valence-corrected chi connectivity index (χ1v) is 25.1. The Hall–Kier alpha value is -1.66. The predicted molar refractivity (Wildman–Crippen MR) is 246 cm³/mol. The fraction of sp³-hybridized carbons (Fsp3) is 0.882. The first-order chi connectivity index (χ1) is 28.0. The maximum Gasteiger partial charge on any atom is 0.305 e. The van der Waals surface area contributed by atoms with Gasteiger partial charge in [0.15, 0.2) is 0 Å². The number of hydrogen-bond acceptors (Lipinski definition) is 5. The van der Waals surface area contributed by atoms with Crippen LogP contribution in [0.15, 0.2) is 24.3 Å². The summed E-state index contributed by atoms with van der Waals surface area (Å²) in [5.41, 5.74) is 0. The van der Waals surface area contributed by atoms with Gasteiger partial charge in [-0.2, -0.15) is 0 Å². The van der Waals surface area contributed by atoms with Crippen molar-refractivity contribution in [3.05, 3.63) is 24.3 Å². The lowest BCUT2D eigenvalue weighted by Crippen LogP contribution is -2.45. The molecule has 0 saturated heterocycles. The number of rotatable bonds is 46. The molecule has 6 heteroatoms. The van der Waals surface area contributed by atoms with Crippen molar-refractivity contribution in [1.29, 1.82) is 0 Å². The normalized spacial score (nSPS) is 12.8. The van der Waals surface area contributed by atoms with Crippen LogP contribution in [0, 0.1) is 0 Å². The summed E-state index contributed by atoms with van der Waals surface area (Å²) in [6.07, 6.45) is 54.4. The van der Waals surface area contributed by atoms with Gasteiger partial charge in [-0.3, -0.25) is 9.59 Å². The van der Waals surface area contributed by atoms with Crippen LogP contribution in [0.1, 0.15) is 264 Å². The third kappa shape index (κ3) is 43.7. The lowest BCUT2D eigenvalue weighted by atomic mass is 10.0. The van der Waals surface area contributed by atoms with E-state index in [0.717, 1.165) is 51.4 Å². The second-order valence-corrected chi connectivity index (χ2v) is 17.1. The van der Waals surface area contributed by atoms with Crippen molar-refractivity contribution >= 4 is 11.9 Å². The molecule has 0 radical (unpaired) electrons. The maximum atomic E-state index is 12.4. The molecule has 0 aromatic heterocycles. The van der Waals surface area contributed by atoms with Crippen molar-refractivity contribution in [2.45, 2.75) is 276 Å². The van der Waals surface area contributed by atoms with Gasteiger partial charge in [-0.25, -0.2) is 0 Å². The van der Waals surface area contributed by atoms with Gasteiger partial charge >= 0.3 is 5.97 Å². The summed E-state index contributed by atoms with van der Waals surface area (Å²) in [4.78, 5) is 24.4. The van der Waals surface area contributed by atoms with Crippen molar-refractivity contribution in [2.24, 2.45) is 0 Å².